The van der Waals surface area contributed by atoms with Gasteiger partial charge in [-0.2, -0.15) is 5.10 Å². The maximum Gasteiger partial charge on any atom is 0.343 e. The van der Waals surface area contributed by atoms with Crippen LogP contribution in [0.2, 0.25) is 0 Å². The van der Waals surface area contributed by atoms with Crippen LogP contribution in [-0.4, -0.2) is 38.9 Å². The number of methoxy groups -OCH3 is 2. The standard InChI is InChI=1S/C25H22BrIN2O6/c1-4-34-22-12-15(14-28-29-24(30)19-13-17(26)7-10-21(19)33-3)11-20(27)23(22)35-25(31)16-5-8-18(32-2)9-6-16/h5-14H,4H2,1-3H3,(H,29,30)/b28-14-. The van der Waals surface area contributed by atoms with Crippen molar-refractivity contribution in [2.45, 2.75) is 6.92 Å². The SMILES string of the molecule is CCOc1cc(/C=N\NC(=O)c2cc(Br)ccc2OC)cc(I)c1OC(=O)c1ccc(OC)cc1. The number of hydrazone groups is 1. The van der Waals surface area contributed by atoms with Gasteiger partial charge in [0.25, 0.3) is 5.91 Å². The van der Waals surface area contributed by atoms with Crippen LogP contribution in [0, 0.1) is 3.57 Å². The van der Waals surface area contributed by atoms with Crippen molar-refractivity contribution in [1.82, 2.24) is 5.43 Å². The van der Waals surface area contributed by atoms with Gasteiger partial charge in [-0.15, -0.1) is 0 Å². The van der Waals surface area contributed by atoms with Crippen LogP contribution in [0.15, 0.2) is 64.2 Å². The highest BCUT2D eigenvalue weighted by Gasteiger charge is 2.17. The van der Waals surface area contributed by atoms with Crippen molar-refractivity contribution in [2.75, 3.05) is 20.8 Å². The predicted molar refractivity (Wildman–Crippen MR) is 144 cm³/mol. The average Bonchev–Trinajstić information content (AvgIpc) is 2.86. The lowest BCUT2D eigenvalue weighted by Gasteiger charge is -2.13. The third kappa shape index (κ3) is 6.95. The molecule has 10 heteroatoms. The predicted octanol–water partition coefficient (Wildman–Crippen LogP) is 5.45. The Balaban J connectivity index is 1.78. The summed E-state index contributed by atoms with van der Waals surface area (Å²) in [6.45, 7) is 2.19. The lowest BCUT2D eigenvalue weighted by molar-refractivity contribution is 0.0726. The molecule has 8 nitrogen and oxygen atoms in total. The Hall–Kier alpha value is -3.12. The van der Waals surface area contributed by atoms with Gasteiger partial charge >= 0.3 is 5.97 Å². The average molecular weight is 653 g/mol. The summed E-state index contributed by atoms with van der Waals surface area (Å²) in [5.41, 5.74) is 3.84. The zero-order chi connectivity index (χ0) is 25.4. The fourth-order valence-electron chi connectivity index (χ4n) is 2.99. The quantitative estimate of drug-likeness (QED) is 0.109. The van der Waals surface area contributed by atoms with Crippen molar-refractivity contribution < 1.29 is 28.5 Å². The summed E-state index contributed by atoms with van der Waals surface area (Å²) < 4.78 is 23.1. The van der Waals surface area contributed by atoms with E-state index in [1.165, 1.54) is 13.3 Å². The van der Waals surface area contributed by atoms with E-state index in [9.17, 15) is 9.59 Å². The first-order chi connectivity index (χ1) is 16.9. The first kappa shape index (κ1) is 26.5. The third-order valence-corrected chi connectivity index (χ3v) is 5.93. The summed E-state index contributed by atoms with van der Waals surface area (Å²) in [7, 11) is 3.04. The fraction of sp³-hybridized carbons (Fsp3) is 0.160. The lowest BCUT2D eigenvalue weighted by atomic mass is 10.2. The summed E-state index contributed by atoms with van der Waals surface area (Å²) in [5, 5.41) is 4.05. The Morgan fingerprint density at radius 3 is 2.43 bits per heavy atom. The molecular weight excluding hydrogens is 631 g/mol. The van der Waals surface area contributed by atoms with Gasteiger partial charge in [-0.05, 0) is 89.7 Å². The summed E-state index contributed by atoms with van der Waals surface area (Å²) in [5.74, 6) is 0.792. The molecule has 0 bridgehead atoms. The normalized spacial score (nSPS) is 10.7. The molecule has 35 heavy (non-hydrogen) atoms. The van der Waals surface area contributed by atoms with Crippen LogP contribution >= 0.6 is 38.5 Å². The monoisotopic (exact) mass is 652 g/mol. The van der Waals surface area contributed by atoms with Crippen LogP contribution in [-0.2, 0) is 0 Å². The highest BCUT2D eigenvalue weighted by Crippen LogP contribution is 2.34. The number of esters is 1. The molecule has 3 aromatic carbocycles. The molecule has 182 valence electrons. The summed E-state index contributed by atoms with van der Waals surface area (Å²) in [4.78, 5) is 25.2. The maximum atomic E-state index is 12.7. The van der Waals surface area contributed by atoms with Crippen molar-refractivity contribution in [3.8, 4) is 23.0 Å². The number of hydrogen-bond acceptors (Lipinski definition) is 7. The van der Waals surface area contributed by atoms with Gasteiger partial charge in [0.15, 0.2) is 11.5 Å². The minimum atomic E-state index is -0.525. The van der Waals surface area contributed by atoms with Crippen LogP contribution in [0.4, 0.5) is 0 Å². The smallest absolute Gasteiger partial charge is 0.343 e. The maximum absolute atomic E-state index is 12.7. The van der Waals surface area contributed by atoms with Crippen molar-refractivity contribution in [3.63, 3.8) is 0 Å². The molecule has 1 N–H and O–H groups in total. The molecular formula is C25H22BrIN2O6. The van der Waals surface area contributed by atoms with E-state index < -0.39 is 11.9 Å². The van der Waals surface area contributed by atoms with Crippen LogP contribution < -0.4 is 24.4 Å². The summed E-state index contributed by atoms with van der Waals surface area (Å²) in [6, 6.07) is 15.2. The Kier molecular flexibility index (Phi) is 9.49. The molecule has 0 saturated heterocycles. The van der Waals surface area contributed by atoms with Gasteiger partial charge in [-0.1, -0.05) is 15.9 Å². The number of halogens is 2. The van der Waals surface area contributed by atoms with Crippen LogP contribution in [0.25, 0.3) is 0 Å². The molecule has 0 saturated carbocycles. The fourth-order valence-corrected chi connectivity index (χ4v) is 4.08. The molecule has 0 aromatic heterocycles. The van der Waals surface area contributed by atoms with Gasteiger partial charge in [0.1, 0.15) is 11.5 Å². The van der Waals surface area contributed by atoms with Crippen LogP contribution in [0.1, 0.15) is 33.2 Å². The van der Waals surface area contributed by atoms with Crippen molar-refractivity contribution in [3.05, 3.63) is 79.3 Å². The molecule has 3 rings (SSSR count). The molecule has 0 spiro atoms. The first-order valence-electron chi connectivity index (χ1n) is 10.4. The topological polar surface area (TPSA) is 95.5 Å². The first-order valence-corrected chi connectivity index (χ1v) is 12.2. The Bertz CT molecular complexity index is 1250. The molecule has 0 fully saturated rings. The molecule has 1 amide bonds. The van der Waals surface area contributed by atoms with E-state index in [-0.39, 0.29) is 0 Å². The summed E-state index contributed by atoms with van der Waals surface area (Å²) >= 11 is 5.40. The second-order valence-corrected chi connectivity index (χ2v) is 9.00. The number of benzene rings is 3. The van der Waals surface area contributed by atoms with Gasteiger partial charge in [-0.3, -0.25) is 4.79 Å². The second-order valence-electron chi connectivity index (χ2n) is 6.92. The zero-order valence-electron chi connectivity index (χ0n) is 19.1. The van der Waals surface area contributed by atoms with E-state index in [0.717, 1.165) is 4.47 Å². The molecule has 0 aliphatic heterocycles. The second kappa shape index (κ2) is 12.5. The number of rotatable bonds is 9. The number of nitrogens with zero attached hydrogens (tertiary/aromatic N) is 1. The molecule has 0 aliphatic rings. The minimum Gasteiger partial charge on any atom is -0.497 e. The van der Waals surface area contributed by atoms with Gasteiger partial charge in [0.2, 0.25) is 0 Å². The van der Waals surface area contributed by atoms with Crippen molar-refractivity contribution >= 4 is 56.6 Å². The van der Waals surface area contributed by atoms with Crippen molar-refractivity contribution in [1.29, 1.82) is 0 Å². The van der Waals surface area contributed by atoms with Crippen LogP contribution in [0.3, 0.4) is 0 Å². The molecule has 0 unspecified atom stereocenters. The molecule has 0 aliphatic carbocycles. The molecule has 0 atom stereocenters. The molecule has 3 aromatic rings. The molecule has 0 heterocycles. The number of amides is 1. The van der Waals surface area contributed by atoms with Gasteiger partial charge in [0.05, 0.1) is 41.7 Å². The number of ether oxygens (including phenoxy) is 4. The lowest BCUT2D eigenvalue weighted by Crippen LogP contribution is -2.18. The van der Waals surface area contributed by atoms with E-state index >= 15 is 0 Å². The third-order valence-electron chi connectivity index (χ3n) is 4.64. The van der Waals surface area contributed by atoms with Gasteiger partial charge < -0.3 is 18.9 Å². The van der Waals surface area contributed by atoms with E-state index in [1.807, 2.05) is 6.92 Å². The highest BCUT2D eigenvalue weighted by molar-refractivity contribution is 14.1. The largest absolute Gasteiger partial charge is 0.497 e. The minimum absolute atomic E-state index is 0.299. The van der Waals surface area contributed by atoms with E-state index in [2.05, 4.69) is 49.0 Å². The Morgan fingerprint density at radius 1 is 1.03 bits per heavy atom. The van der Waals surface area contributed by atoms with Gasteiger partial charge in [-0.25, -0.2) is 10.2 Å². The Labute approximate surface area is 224 Å². The van der Waals surface area contributed by atoms with Gasteiger partial charge in [0, 0.05) is 4.47 Å². The molecule has 0 radical (unpaired) electrons. The Morgan fingerprint density at radius 2 is 1.77 bits per heavy atom. The van der Waals surface area contributed by atoms with E-state index in [4.69, 9.17) is 18.9 Å². The zero-order valence-corrected chi connectivity index (χ0v) is 22.9. The highest BCUT2D eigenvalue weighted by atomic mass is 127. The number of carbonyl (C=O) groups excluding carboxylic acids is 2. The summed E-state index contributed by atoms with van der Waals surface area (Å²) in [6.07, 6.45) is 1.47. The van der Waals surface area contributed by atoms with E-state index in [1.54, 1.807) is 61.7 Å². The van der Waals surface area contributed by atoms with Crippen molar-refractivity contribution in [2.24, 2.45) is 5.10 Å². The number of carbonyl (C=O) groups is 2. The van der Waals surface area contributed by atoms with Crippen LogP contribution in [0.5, 0.6) is 23.0 Å². The number of nitrogens with one attached hydrogen (secondary N) is 1. The van der Waals surface area contributed by atoms with E-state index in [0.29, 0.717) is 49.9 Å². The number of hydrogen-bond donors (Lipinski definition) is 1.